The average Bonchev–Trinajstić information content (AvgIpc) is 2.78. The zero-order valence-electron chi connectivity index (χ0n) is 9.90. The van der Waals surface area contributed by atoms with Crippen molar-refractivity contribution in [3.05, 3.63) is 65.9 Å². The topological polar surface area (TPSA) is 22.4 Å². The fourth-order valence-electron chi connectivity index (χ4n) is 1.85. The molecule has 19 heavy (non-hydrogen) atoms. The van der Waals surface area contributed by atoms with E-state index in [1.807, 2.05) is 0 Å². The molecular formula is C15H10F2O2. The lowest BCUT2D eigenvalue weighted by molar-refractivity contribution is 0.273. The Kier molecular flexibility index (Phi) is 2.91. The van der Waals surface area contributed by atoms with Crippen LogP contribution in [-0.4, -0.2) is 0 Å². The molecule has 0 saturated heterocycles. The number of furan rings is 1. The van der Waals surface area contributed by atoms with E-state index in [9.17, 15) is 8.78 Å². The first-order valence-corrected chi connectivity index (χ1v) is 5.77. The SMILES string of the molecule is Fc1cccc(OCc2cc3cc(F)ccc3o2)c1. The van der Waals surface area contributed by atoms with Gasteiger partial charge in [0, 0.05) is 11.5 Å². The van der Waals surface area contributed by atoms with Gasteiger partial charge >= 0.3 is 0 Å². The molecule has 3 rings (SSSR count). The van der Waals surface area contributed by atoms with E-state index in [4.69, 9.17) is 9.15 Å². The van der Waals surface area contributed by atoms with Crippen LogP contribution in [0.5, 0.6) is 5.75 Å². The monoisotopic (exact) mass is 260 g/mol. The van der Waals surface area contributed by atoms with E-state index in [0.29, 0.717) is 22.5 Å². The predicted molar refractivity (Wildman–Crippen MR) is 66.9 cm³/mol. The lowest BCUT2D eigenvalue weighted by Gasteiger charge is -2.03. The second kappa shape index (κ2) is 4.72. The van der Waals surface area contributed by atoms with Crippen molar-refractivity contribution in [3.63, 3.8) is 0 Å². The molecule has 3 aromatic rings. The van der Waals surface area contributed by atoms with Crippen LogP contribution in [0.25, 0.3) is 11.0 Å². The summed E-state index contributed by atoms with van der Waals surface area (Å²) in [5.74, 6) is 0.312. The van der Waals surface area contributed by atoms with Crippen LogP contribution < -0.4 is 4.74 Å². The van der Waals surface area contributed by atoms with E-state index >= 15 is 0 Å². The van der Waals surface area contributed by atoms with Gasteiger partial charge in [0.15, 0.2) is 0 Å². The third-order valence-corrected chi connectivity index (χ3v) is 2.71. The number of rotatable bonds is 3. The van der Waals surface area contributed by atoms with E-state index in [-0.39, 0.29) is 18.2 Å². The predicted octanol–water partition coefficient (Wildman–Crippen LogP) is 4.29. The Bertz CT molecular complexity index is 719. The molecule has 0 unspecified atom stereocenters. The summed E-state index contributed by atoms with van der Waals surface area (Å²) in [6, 6.07) is 11.9. The van der Waals surface area contributed by atoms with Crippen LogP contribution in [0, 0.1) is 11.6 Å². The first kappa shape index (κ1) is 11.7. The molecule has 0 atom stereocenters. The van der Waals surface area contributed by atoms with E-state index in [1.165, 1.54) is 24.3 Å². The second-order valence-electron chi connectivity index (χ2n) is 4.14. The highest BCUT2D eigenvalue weighted by atomic mass is 19.1. The lowest BCUT2D eigenvalue weighted by atomic mass is 10.2. The van der Waals surface area contributed by atoms with Crippen molar-refractivity contribution in [1.82, 2.24) is 0 Å². The molecule has 0 aliphatic carbocycles. The molecule has 1 aromatic heterocycles. The number of hydrogen-bond acceptors (Lipinski definition) is 2. The number of benzene rings is 2. The molecule has 0 aliphatic rings. The van der Waals surface area contributed by atoms with Gasteiger partial charge in [-0.3, -0.25) is 0 Å². The summed E-state index contributed by atoms with van der Waals surface area (Å²) in [6.07, 6.45) is 0. The van der Waals surface area contributed by atoms with Crippen LogP contribution in [0.3, 0.4) is 0 Å². The molecule has 0 saturated carbocycles. The highest BCUT2D eigenvalue weighted by molar-refractivity contribution is 5.77. The van der Waals surface area contributed by atoms with Crippen LogP contribution in [0.1, 0.15) is 5.76 Å². The van der Waals surface area contributed by atoms with Crippen molar-refractivity contribution in [2.45, 2.75) is 6.61 Å². The molecule has 0 spiro atoms. The fourth-order valence-corrected chi connectivity index (χ4v) is 1.85. The summed E-state index contributed by atoms with van der Waals surface area (Å²) in [4.78, 5) is 0. The smallest absolute Gasteiger partial charge is 0.146 e. The van der Waals surface area contributed by atoms with Gasteiger partial charge in [-0.2, -0.15) is 0 Å². The number of fused-ring (bicyclic) bond motifs is 1. The Balaban J connectivity index is 1.78. The molecule has 96 valence electrons. The second-order valence-corrected chi connectivity index (χ2v) is 4.14. The Hall–Kier alpha value is -2.36. The number of halogens is 2. The maximum absolute atomic E-state index is 13.0. The molecule has 0 amide bonds. The largest absolute Gasteiger partial charge is 0.486 e. The minimum atomic E-state index is -0.357. The van der Waals surface area contributed by atoms with E-state index in [2.05, 4.69) is 0 Å². The van der Waals surface area contributed by atoms with Crippen molar-refractivity contribution < 1.29 is 17.9 Å². The molecule has 0 bridgehead atoms. The molecule has 0 fully saturated rings. The molecule has 2 aromatic carbocycles. The molecule has 4 heteroatoms. The van der Waals surface area contributed by atoms with Gasteiger partial charge in [0.1, 0.15) is 35.3 Å². The van der Waals surface area contributed by atoms with E-state index < -0.39 is 0 Å². The molecular weight excluding hydrogens is 250 g/mol. The molecule has 1 heterocycles. The van der Waals surface area contributed by atoms with Gasteiger partial charge in [0.2, 0.25) is 0 Å². The van der Waals surface area contributed by atoms with Crippen LogP contribution in [0.2, 0.25) is 0 Å². The Morgan fingerprint density at radius 2 is 1.79 bits per heavy atom. The van der Waals surface area contributed by atoms with Crippen molar-refractivity contribution in [2.24, 2.45) is 0 Å². The van der Waals surface area contributed by atoms with Crippen LogP contribution in [-0.2, 0) is 6.61 Å². The molecule has 0 N–H and O–H groups in total. The highest BCUT2D eigenvalue weighted by Crippen LogP contribution is 2.22. The van der Waals surface area contributed by atoms with Crippen molar-refractivity contribution in [3.8, 4) is 5.75 Å². The van der Waals surface area contributed by atoms with Crippen molar-refractivity contribution in [2.75, 3.05) is 0 Å². The first-order chi connectivity index (χ1) is 9.20. The number of hydrogen-bond donors (Lipinski definition) is 0. The van der Waals surface area contributed by atoms with Crippen LogP contribution in [0.4, 0.5) is 8.78 Å². The first-order valence-electron chi connectivity index (χ1n) is 5.77. The Morgan fingerprint density at radius 1 is 0.947 bits per heavy atom. The zero-order valence-corrected chi connectivity index (χ0v) is 9.90. The summed E-state index contributed by atoms with van der Waals surface area (Å²) in [7, 11) is 0. The van der Waals surface area contributed by atoms with E-state index in [0.717, 1.165) is 0 Å². The van der Waals surface area contributed by atoms with Gasteiger partial charge in [0.25, 0.3) is 0 Å². The van der Waals surface area contributed by atoms with Crippen molar-refractivity contribution >= 4 is 11.0 Å². The maximum atomic E-state index is 13.0. The maximum Gasteiger partial charge on any atom is 0.146 e. The summed E-state index contributed by atoms with van der Waals surface area (Å²) in [6.45, 7) is 0.166. The summed E-state index contributed by atoms with van der Waals surface area (Å²) < 4.78 is 36.9. The van der Waals surface area contributed by atoms with Gasteiger partial charge in [-0.25, -0.2) is 8.78 Å². The highest BCUT2D eigenvalue weighted by Gasteiger charge is 2.06. The third kappa shape index (κ3) is 2.57. The fraction of sp³-hybridized carbons (Fsp3) is 0.0667. The quantitative estimate of drug-likeness (QED) is 0.701. The molecule has 0 aliphatic heterocycles. The summed E-state index contributed by atoms with van der Waals surface area (Å²) in [5.41, 5.74) is 0.597. The molecule has 0 radical (unpaired) electrons. The van der Waals surface area contributed by atoms with Gasteiger partial charge in [-0.1, -0.05) is 6.07 Å². The van der Waals surface area contributed by atoms with Crippen molar-refractivity contribution in [1.29, 1.82) is 0 Å². The normalized spacial score (nSPS) is 10.8. The number of ether oxygens (including phenoxy) is 1. The summed E-state index contributed by atoms with van der Waals surface area (Å²) >= 11 is 0. The van der Waals surface area contributed by atoms with Gasteiger partial charge in [-0.15, -0.1) is 0 Å². The van der Waals surface area contributed by atoms with Crippen LogP contribution >= 0.6 is 0 Å². The van der Waals surface area contributed by atoms with Gasteiger partial charge in [0.05, 0.1) is 0 Å². The van der Waals surface area contributed by atoms with Crippen LogP contribution in [0.15, 0.2) is 52.9 Å². The standard InChI is InChI=1S/C15H10F2O2/c16-11-2-1-3-13(8-11)18-9-14-7-10-6-12(17)4-5-15(10)19-14/h1-8H,9H2. The minimum Gasteiger partial charge on any atom is -0.486 e. The Labute approximate surface area is 108 Å². The summed E-state index contributed by atoms with van der Waals surface area (Å²) in [5, 5.41) is 0.679. The third-order valence-electron chi connectivity index (χ3n) is 2.71. The minimum absolute atomic E-state index is 0.166. The lowest BCUT2D eigenvalue weighted by Crippen LogP contribution is -1.93. The van der Waals surface area contributed by atoms with Gasteiger partial charge in [-0.05, 0) is 36.4 Å². The van der Waals surface area contributed by atoms with Gasteiger partial charge < -0.3 is 9.15 Å². The zero-order chi connectivity index (χ0) is 13.2. The average molecular weight is 260 g/mol. The van der Waals surface area contributed by atoms with E-state index in [1.54, 1.807) is 24.3 Å². The molecule has 2 nitrogen and oxygen atoms in total. The Morgan fingerprint density at radius 3 is 2.63 bits per heavy atom.